The molecule has 0 unspecified atom stereocenters. The fourth-order valence-corrected chi connectivity index (χ4v) is 2.55. The number of aromatic carboxylic acids is 1. The Balaban J connectivity index is 1.91. The van der Waals surface area contributed by atoms with Crippen molar-refractivity contribution in [2.45, 2.75) is 0 Å². The minimum Gasteiger partial charge on any atom is -0.478 e. The number of fused-ring (bicyclic) bond motifs is 3. The van der Waals surface area contributed by atoms with Crippen LogP contribution in [0.15, 0.2) is 53.3 Å². The molecule has 118 valence electrons. The molecule has 24 heavy (non-hydrogen) atoms. The number of benzene rings is 2. The molecule has 8 heteroatoms. The fraction of sp³-hybridized carbons (Fsp3) is 0. The number of nitrogens with zero attached hydrogens (tertiary/aromatic N) is 3. The Labute approximate surface area is 134 Å². The summed E-state index contributed by atoms with van der Waals surface area (Å²) in [6.07, 6.45) is 0. The Morgan fingerprint density at radius 2 is 2.00 bits per heavy atom. The van der Waals surface area contributed by atoms with Gasteiger partial charge >= 0.3 is 11.7 Å². The highest BCUT2D eigenvalue weighted by molar-refractivity contribution is 5.89. The summed E-state index contributed by atoms with van der Waals surface area (Å²) in [5, 5.41) is 18.5. The molecule has 0 atom stereocenters. The number of carboxylic acids is 1. The molecule has 8 nitrogen and oxygen atoms in total. The summed E-state index contributed by atoms with van der Waals surface area (Å²) in [6, 6.07) is 13.5. The first kappa shape index (κ1) is 13.9. The fourth-order valence-electron chi connectivity index (χ4n) is 2.55. The largest absolute Gasteiger partial charge is 0.478 e. The van der Waals surface area contributed by atoms with Gasteiger partial charge in [-0.25, -0.2) is 24.1 Å². The van der Waals surface area contributed by atoms with Gasteiger partial charge in [-0.3, -0.25) is 0 Å². The van der Waals surface area contributed by atoms with Crippen LogP contribution in [-0.2, 0) is 0 Å². The monoisotopic (exact) mass is 321 g/mol. The number of para-hydroxylation sites is 2. The van der Waals surface area contributed by atoms with Crippen molar-refractivity contribution in [3.05, 3.63) is 64.6 Å². The Morgan fingerprint density at radius 3 is 2.83 bits per heavy atom. The highest BCUT2D eigenvalue weighted by atomic mass is 16.4. The first-order valence-electron chi connectivity index (χ1n) is 7.10. The van der Waals surface area contributed by atoms with E-state index >= 15 is 0 Å². The molecule has 0 aliphatic rings. The number of rotatable bonds is 3. The van der Waals surface area contributed by atoms with E-state index in [1.54, 1.807) is 24.3 Å². The quantitative estimate of drug-likeness (QED) is 0.532. The number of carbonyl (C=O) groups is 1. The second-order valence-corrected chi connectivity index (χ2v) is 5.15. The summed E-state index contributed by atoms with van der Waals surface area (Å²) in [5.41, 5.74) is 1.90. The molecule has 0 aliphatic heterocycles. The first-order chi connectivity index (χ1) is 11.6. The van der Waals surface area contributed by atoms with Crippen molar-refractivity contribution in [3.8, 4) is 0 Å². The number of hydrogen-bond donors (Lipinski definition) is 3. The van der Waals surface area contributed by atoms with E-state index in [1.807, 2.05) is 12.1 Å². The molecule has 0 saturated carbocycles. The molecule has 4 aromatic rings. The molecule has 2 aromatic carbocycles. The lowest BCUT2D eigenvalue weighted by Crippen LogP contribution is -2.11. The van der Waals surface area contributed by atoms with Gasteiger partial charge in [-0.15, -0.1) is 5.10 Å². The Bertz CT molecular complexity index is 1150. The summed E-state index contributed by atoms with van der Waals surface area (Å²) in [6.45, 7) is 0. The van der Waals surface area contributed by atoms with E-state index in [0.717, 1.165) is 0 Å². The molecular formula is C16H11N5O3. The van der Waals surface area contributed by atoms with E-state index in [2.05, 4.69) is 20.5 Å². The molecule has 2 aromatic heterocycles. The SMILES string of the molecule is O=C(O)c1cccc(Nc2nc3ccccc3n3c(=O)[nH]nc23)c1. The minimum atomic E-state index is -1.02. The third-order valence-corrected chi connectivity index (χ3v) is 3.61. The normalized spacial score (nSPS) is 11.0. The molecule has 2 heterocycles. The highest BCUT2D eigenvalue weighted by Crippen LogP contribution is 2.22. The average molecular weight is 321 g/mol. The van der Waals surface area contributed by atoms with Crippen molar-refractivity contribution < 1.29 is 9.90 Å². The summed E-state index contributed by atoms with van der Waals surface area (Å²) >= 11 is 0. The Kier molecular flexibility index (Phi) is 3.02. The van der Waals surface area contributed by atoms with E-state index in [-0.39, 0.29) is 11.3 Å². The number of hydrogen-bond acceptors (Lipinski definition) is 5. The predicted molar refractivity (Wildman–Crippen MR) is 87.8 cm³/mol. The van der Waals surface area contributed by atoms with Crippen molar-refractivity contribution in [2.75, 3.05) is 5.32 Å². The molecule has 0 radical (unpaired) electrons. The summed E-state index contributed by atoms with van der Waals surface area (Å²) in [5.74, 6) is -0.666. The Morgan fingerprint density at radius 1 is 1.17 bits per heavy atom. The van der Waals surface area contributed by atoms with E-state index in [9.17, 15) is 9.59 Å². The second-order valence-electron chi connectivity index (χ2n) is 5.15. The average Bonchev–Trinajstić information content (AvgIpc) is 2.98. The van der Waals surface area contributed by atoms with Crippen LogP contribution < -0.4 is 11.0 Å². The molecule has 0 aliphatic carbocycles. The van der Waals surface area contributed by atoms with E-state index in [4.69, 9.17) is 5.11 Å². The summed E-state index contributed by atoms with van der Waals surface area (Å²) in [7, 11) is 0. The van der Waals surface area contributed by atoms with Crippen molar-refractivity contribution in [2.24, 2.45) is 0 Å². The van der Waals surface area contributed by atoms with Gasteiger partial charge in [0.25, 0.3) is 0 Å². The number of aromatic amines is 1. The summed E-state index contributed by atoms with van der Waals surface area (Å²) < 4.78 is 1.42. The van der Waals surface area contributed by atoms with Crippen molar-refractivity contribution in [1.29, 1.82) is 0 Å². The maximum Gasteiger partial charge on any atom is 0.348 e. The predicted octanol–water partition coefficient (Wildman–Crippen LogP) is 2.01. The van der Waals surface area contributed by atoms with Gasteiger partial charge in [0.15, 0.2) is 5.82 Å². The van der Waals surface area contributed by atoms with Crippen LogP contribution in [0.1, 0.15) is 10.4 Å². The van der Waals surface area contributed by atoms with Crippen molar-refractivity contribution >= 4 is 34.2 Å². The highest BCUT2D eigenvalue weighted by Gasteiger charge is 2.13. The first-order valence-corrected chi connectivity index (χ1v) is 7.10. The molecular weight excluding hydrogens is 310 g/mol. The zero-order chi connectivity index (χ0) is 16.7. The zero-order valence-electron chi connectivity index (χ0n) is 12.2. The van der Waals surface area contributed by atoms with Crippen LogP contribution in [0, 0.1) is 0 Å². The van der Waals surface area contributed by atoms with E-state index < -0.39 is 5.97 Å². The van der Waals surface area contributed by atoms with Gasteiger partial charge in [-0.1, -0.05) is 18.2 Å². The van der Waals surface area contributed by atoms with Crippen LogP contribution in [0.3, 0.4) is 0 Å². The number of carboxylic acid groups (broad SMARTS) is 1. The van der Waals surface area contributed by atoms with E-state index in [1.165, 1.54) is 16.5 Å². The molecule has 3 N–H and O–H groups in total. The molecule has 0 spiro atoms. The number of anilines is 2. The van der Waals surface area contributed by atoms with Crippen LogP contribution in [0.25, 0.3) is 16.7 Å². The van der Waals surface area contributed by atoms with Crippen LogP contribution in [0.2, 0.25) is 0 Å². The number of aromatic nitrogens is 4. The lowest BCUT2D eigenvalue weighted by molar-refractivity contribution is 0.0697. The lowest BCUT2D eigenvalue weighted by Gasteiger charge is -2.09. The smallest absolute Gasteiger partial charge is 0.348 e. The van der Waals surface area contributed by atoms with Crippen molar-refractivity contribution in [3.63, 3.8) is 0 Å². The summed E-state index contributed by atoms with van der Waals surface area (Å²) in [4.78, 5) is 27.6. The molecule has 0 bridgehead atoms. The van der Waals surface area contributed by atoms with Gasteiger partial charge < -0.3 is 10.4 Å². The van der Waals surface area contributed by atoms with Crippen LogP contribution in [-0.4, -0.2) is 30.7 Å². The minimum absolute atomic E-state index is 0.149. The third kappa shape index (κ3) is 2.17. The number of H-pyrrole nitrogens is 1. The lowest BCUT2D eigenvalue weighted by atomic mass is 10.2. The maximum atomic E-state index is 12.1. The topological polar surface area (TPSA) is 112 Å². The molecule has 4 rings (SSSR count). The van der Waals surface area contributed by atoms with Gasteiger partial charge in [0.05, 0.1) is 16.6 Å². The maximum absolute atomic E-state index is 12.1. The van der Waals surface area contributed by atoms with Crippen molar-refractivity contribution in [1.82, 2.24) is 19.6 Å². The van der Waals surface area contributed by atoms with Gasteiger partial charge in [0.2, 0.25) is 5.65 Å². The van der Waals surface area contributed by atoms with Gasteiger partial charge in [0, 0.05) is 5.69 Å². The van der Waals surface area contributed by atoms with Crippen LogP contribution >= 0.6 is 0 Å². The standard InChI is InChI=1S/C16H11N5O3/c22-15(23)9-4-3-5-10(8-9)17-13-14-19-20-16(24)21(14)12-7-2-1-6-11(12)18-13/h1-8H,(H,17,18)(H,20,24)(H,22,23). The molecule has 0 saturated heterocycles. The second kappa shape index (κ2) is 5.20. The number of nitrogens with one attached hydrogen (secondary N) is 2. The van der Waals surface area contributed by atoms with Gasteiger partial charge in [0.1, 0.15) is 0 Å². The Hall–Kier alpha value is -3.68. The van der Waals surface area contributed by atoms with Crippen LogP contribution in [0.5, 0.6) is 0 Å². The van der Waals surface area contributed by atoms with E-state index in [0.29, 0.717) is 28.2 Å². The van der Waals surface area contributed by atoms with Gasteiger partial charge in [-0.2, -0.15) is 0 Å². The van der Waals surface area contributed by atoms with Gasteiger partial charge in [-0.05, 0) is 30.3 Å². The molecule has 0 amide bonds. The zero-order valence-corrected chi connectivity index (χ0v) is 12.2. The third-order valence-electron chi connectivity index (χ3n) is 3.61. The van der Waals surface area contributed by atoms with Crippen LogP contribution in [0.4, 0.5) is 11.5 Å². The molecule has 0 fully saturated rings.